The van der Waals surface area contributed by atoms with Gasteiger partial charge in [0.25, 0.3) is 0 Å². The molecule has 1 saturated heterocycles. The summed E-state index contributed by atoms with van der Waals surface area (Å²) in [5, 5.41) is 10.7. The molecule has 0 amide bonds. The summed E-state index contributed by atoms with van der Waals surface area (Å²) in [5.74, 6) is 1.72. The number of aromatic nitrogens is 2. The minimum Gasteiger partial charge on any atom is -0.393 e. The Bertz CT molecular complexity index is 631. The normalized spacial score (nSPS) is 17.2. The van der Waals surface area contributed by atoms with E-state index in [0.29, 0.717) is 0 Å². The van der Waals surface area contributed by atoms with Gasteiger partial charge in [0.05, 0.1) is 11.6 Å². The van der Waals surface area contributed by atoms with E-state index in [9.17, 15) is 5.11 Å². The third-order valence-corrected chi connectivity index (χ3v) is 3.68. The molecule has 1 aromatic carbocycles. The highest BCUT2D eigenvalue weighted by molar-refractivity contribution is 5.90. The summed E-state index contributed by atoms with van der Waals surface area (Å²) in [7, 11) is 0. The summed E-state index contributed by atoms with van der Waals surface area (Å²) in [6, 6.07) is 8.10. The zero-order chi connectivity index (χ0) is 13.9. The van der Waals surface area contributed by atoms with Gasteiger partial charge >= 0.3 is 0 Å². The monoisotopic (exact) mass is 269 g/mol. The van der Waals surface area contributed by atoms with Gasteiger partial charge in [-0.05, 0) is 38.0 Å². The number of allylic oxidation sites excluding steroid dienone is 1. The molecule has 2 heterocycles. The van der Waals surface area contributed by atoms with Crippen LogP contribution in [0.5, 0.6) is 0 Å². The number of hydrogen-bond donors (Lipinski definition) is 1. The van der Waals surface area contributed by atoms with Gasteiger partial charge in [-0.3, -0.25) is 0 Å². The van der Waals surface area contributed by atoms with Crippen LogP contribution in [0.4, 0.5) is 5.82 Å². The van der Waals surface area contributed by atoms with Crippen molar-refractivity contribution in [1.82, 2.24) is 9.97 Å². The molecule has 0 unspecified atom stereocenters. The predicted octanol–water partition coefficient (Wildman–Crippen LogP) is 2.62. The first-order valence-corrected chi connectivity index (χ1v) is 7.10. The van der Waals surface area contributed by atoms with Crippen molar-refractivity contribution in [3.63, 3.8) is 0 Å². The lowest BCUT2D eigenvalue weighted by Gasteiger charge is -2.31. The number of anilines is 1. The van der Waals surface area contributed by atoms with Gasteiger partial charge in [0.15, 0.2) is 5.82 Å². The van der Waals surface area contributed by atoms with Crippen LogP contribution in [0.25, 0.3) is 17.0 Å². The third kappa shape index (κ3) is 2.51. The molecule has 1 aliphatic rings. The number of piperidine rings is 1. The Morgan fingerprint density at radius 2 is 1.95 bits per heavy atom. The molecule has 0 spiro atoms. The molecule has 1 aliphatic heterocycles. The van der Waals surface area contributed by atoms with Crippen LogP contribution >= 0.6 is 0 Å². The van der Waals surface area contributed by atoms with E-state index in [0.717, 1.165) is 48.5 Å². The Morgan fingerprint density at radius 3 is 2.70 bits per heavy atom. The first kappa shape index (κ1) is 13.1. The molecule has 2 aromatic rings. The molecule has 0 saturated carbocycles. The first-order chi connectivity index (χ1) is 9.78. The molecule has 0 bridgehead atoms. The molecule has 20 heavy (non-hydrogen) atoms. The van der Waals surface area contributed by atoms with Gasteiger partial charge in [0.1, 0.15) is 5.82 Å². The number of nitrogens with zero attached hydrogens (tertiary/aromatic N) is 3. The lowest BCUT2D eigenvalue weighted by atomic mass is 10.1. The smallest absolute Gasteiger partial charge is 0.154 e. The number of benzene rings is 1. The van der Waals surface area contributed by atoms with E-state index in [-0.39, 0.29) is 6.10 Å². The molecule has 0 radical (unpaired) electrons. The summed E-state index contributed by atoms with van der Waals surface area (Å²) in [6.45, 7) is 3.66. The largest absolute Gasteiger partial charge is 0.393 e. The second-order valence-corrected chi connectivity index (χ2v) is 5.14. The standard InChI is InChI=1S/C16H19N3O/c1-2-5-15-17-14-7-4-3-6-13(14)16(18-15)19-10-8-12(20)9-11-19/h2-7,12,20H,8-11H2,1H3. The van der Waals surface area contributed by atoms with E-state index in [1.165, 1.54) is 0 Å². The SMILES string of the molecule is CC=Cc1nc(N2CCC(O)CC2)c2ccccc2n1. The summed E-state index contributed by atoms with van der Waals surface area (Å²) < 4.78 is 0. The van der Waals surface area contributed by atoms with Gasteiger partial charge in [-0.25, -0.2) is 9.97 Å². The highest BCUT2D eigenvalue weighted by Gasteiger charge is 2.20. The topological polar surface area (TPSA) is 49.2 Å². The van der Waals surface area contributed by atoms with E-state index in [2.05, 4.69) is 20.9 Å². The molecule has 0 atom stereocenters. The van der Waals surface area contributed by atoms with Crippen LogP contribution in [-0.4, -0.2) is 34.3 Å². The van der Waals surface area contributed by atoms with Crippen molar-refractivity contribution in [2.24, 2.45) is 0 Å². The quantitative estimate of drug-likeness (QED) is 0.910. The summed E-state index contributed by atoms with van der Waals surface area (Å²) in [4.78, 5) is 11.5. The van der Waals surface area contributed by atoms with Crippen LogP contribution in [-0.2, 0) is 0 Å². The van der Waals surface area contributed by atoms with Crippen molar-refractivity contribution < 1.29 is 5.11 Å². The lowest BCUT2D eigenvalue weighted by molar-refractivity contribution is 0.145. The summed E-state index contributed by atoms with van der Waals surface area (Å²) in [5.41, 5.74) is 0.969. The Kier molecular flexibility index (Phi) is 3.65. The Labute approximate surface area is 118 Å². The number of aliphatic hydroxyl groups excluding tert-OH is 1. The maximum atomic E-state index is 9.66. The van der Waals surface area contributed by atoms with Gasteiger partial charge in [0.2, 0.25) is 0 Å². The molecular formula is C16H19N3O. The van der Waals surface area contributed by atoms with Crippen LogP contribution in [0, 0.1) is 0 Å². The molecule has 3 rings (SSSR count). The molecule has 0 aliphatic carbocycles. The van der Waals surface area contributed by atoms with Gasteiger partial charge < -0.3 is 10.0 Å². The zero-order valence-corrected chi connectivity index (χ0v) is 11.7. The predicted molar refractivity (Wildman–Crippen MR) is 81.7 cm³/mol. The van der Waals surface area contributed by atoms with Gasteiger partial charge in [-0.15, -0.1) is 0 Å². The fraction of sp³-hybridized carbons (Fsp3) is 0.375. The molecule has 104 valence electrons. The zero-order valence-electron chi connectivity index (χ0n) is 11.7. The van der Waals surface area contributed by atoms with E-state index in [1.54, 1.807) is 0 Å². The van der Waals surface area contributed by atoms with Crippen LogP contribution in [0.3, 0.4) is 0 Å². The van der Waals surface area contributed by atoms with Crippen molar-refractivity contribution in [3.05, 3.63) is 36.2 Å². The number of aliphatic hydroxyl groups is 1. The average molecular weight is 269 g/mol. The maximum absolute atomic E-state index is 9.66. The van der Waals surface area contributed by atoms with Gasteiger partial charge in [-0.2, -0.15) is 0 Å². The Balaban J connectivity index is 2.07. The van der Waals surface area contributed by atoms with Crippen molar-refractivity contribution in [3.8, 4) is 0 Å². The number of rotatable bonds is 2. The van der Waals surface area contributed by atoms with Crippen molar-refractivity contribution in [2.75, 3.05) is 18.0 Å². The second kappa shape index (κ2) is 5.59. The van der Waals surface area contributed by atoms with E-state index in [4.69, 9.17) is 0 Å². The minimum atomic E-state index is -0.172. The molecule has 1 aromatic heterocycles. The molecular weight excluding hydrogens is 250 g/mol. The number of fused-ring (bicyclic) bond motifs is 1. The van der Waals surface area contributed by atoms with Crippen LogP contribution in [0.1, 0.15) is 25.6 Å². The van der Waals surface area contributed by atoms with Gasteiger partial charge in [-0.1, -0.05) is 18.2 Å². The highest BCUT2D eigenvalue weighted by atomic mass is 16.3. The lowest BCUT2D eigenvalue weighted by Crippen LogP contribution is -2.36. The van der Waals surface area contributed by atoms with Crippen molar-refractivity contribution >= 4 is 22.8 Å². The fourth-order valence-corrected chi connectivity index (χ4v) is 2.62. The molecule has 1 fully saturated rings. The number of para-hydroxylation sites is 1. The van der Waals surface area contributed by atoms with Crippen molar-refractivity contribution in [1.29, 1.82) is 0 Å². The molecule has 1 N–H and O–H groups in total. The minimum absolute atomic E-state index is 0.172. The van der Waals surface area contributed by atoms with E-state index < -0.39 is 0 Å². The van der Waals surface area contributed by atoms with Crippen LogP contribution in [0.2, 0.25) is 0 Å². The summed E-state index contributed by atoms with van der Waals surface area (Å²) in [6.07, 6.45) is 5.31. The maximum Gasteiger partial charge on any atom is 0.154 e. The molecule has 4 heteroatoms. The second-order valence-electron chi connectivity index (χ2n) is 5.14. The fourth-order valence-electron chi connectivity index (χ4n) is 2.62. The van der Waals surface area contributed by atoms with E-state index >= 15 is 0 Å². The first-order valence-electron chi connectivity index (χ1n) is 7.10. The number of hydrogen-bond acceptors (Lipinski definition) is 4. The van der Waals surface area contributed by atoms with Gasteiger partial charge in [0, 0.05) is 18.5 Å². The van der Waals surface area contributed by atoms with Crippen molar-refractivity contribution in [2.45, 2.75) is 25.9 Å². The molecule has 4 nitrogen and oxygen atoms in total. The van der Waals surface area contributed by atoms with E-state index in [1.807, 2.05) is 37.3 Å². The van der Waals surface area contributed by atoms with Crippen LogP contribution < -0.4 is 4.90 Å². The summed E-state index contributed by atoms with van der Waals surface area (Å²) >= 11 is 0. The van der Waals surface area contributed by atoms with Crippen LogP contribution in [0.15, 0.2) is 30.3 Å². The third-order valence-electron chi connectivity index (χ3n) is 3.68. The average Bonchev–Trinajstić information content (AvgIpc) is 2.48. The Hall–Kier alpha value is -1.94. The highest BCUT2D eigenvalue weighted by Crippen LogP contribution is 2.26. The Morgan fingerprint density at radius 1 is 1.20 bits per heavy atom.